The van der Waals surface area contributed by atoms with E-state index in [1.807, 2.05) is 0 Å². The number of benzene rings is 2. The van der Waals surface area contributed by atoms with E-state index in [1.54, 1.807) is 0 Å². The first-order valence-corrected chi connectivity index (χ1v) is 5.93. The molecule has 1 radical (unpaired) electrons. The topological polar surface area (TPSA) is 0 Å². The van der Waals surface area contributed by atoms with Crippen molar-refractivity contribution in [2.45, 2.75) is 23.9 Å². The van der Waals surface area contributed by atoms with Gasteiger partial charge in [0.25, 0.3) is 0 Å². The summed E-state index contributed by atoms with van der Waals surface area (Å²) in [5.74, 6) is -19.3. The molecule has 2 rings (SSSR count). The van der Waals surface area contributed by atoms with Crippen LogP contribution in [0.5, 0.6) is 0 Å². The van der Waals surface area contributed by atoms with Gasteiger partial charge in [0.1, 0.15) is 0 Å². The summed E-state index contributed by atoms with van der Waals surface area (Å²) in [4.78, 5) is 0. The van der Waals surface area contributed by atoms with Crippen LogP contribution in [0.3, 0.4) is 0 Å². The average molecular weight is 345 g/mol. The van der Waals surface area contributed by atoms with Crippen molar-refractivity contribution in [3.8, 4) is 0 Å². The van der Waals surface area contributed by atoms with Gasteiger partial charge in [-0.3, -0.25) is 0 Å². The molecule has 0 bridgehead atoms. The molecule has 0 atom stereocenters. The average Bonchev–Trinajstić information content (AvgIpc) is 2.45. The molecule has 0 aliphatic rings. The normalized spacial score (nSPS) is 14.3. The van der Waals surface area contributed by atoms with Crippen molar-refractivity contribution in [1.29, 1.82) is 0 Å². The zero-order valence-electron chi connectivity index (χ0n) is 10.9. The molecule has 125 valence electrons. The number of rotatable bonds is 3. The van der Waals surface area contributed by atoms with Gasteiger partial charge in [-0.1, -0.05) is 30.3 Å². The van der Waals surface area contributed by atoms with Crippen molar-refractivity contribution in [2.24, 2.45) is 0 Å². The summed E-state index contributed by atoms with van der Waals surface area (Å²) in [5.41, 5.74) is -1.67. The van der Waals surface area contributed by atoms with E-state index in [0.717, 1.165) is 6.07 Å². The molecule has 0 saturated carbocycles. The molecule has 0 unspecified atom stereocenters. The molecule has 2 aromatic carbocycles. The van der Waals surface area contributed by atoms with Gasteiger partial charge in [-0.15, -0.1) is 0 Å². The van der Waals surface area contributed by atoms with Crippen LogP contribution in [0.25, 0.3) is 10.8 Å². The van der Waals surface area contributed by atoms with Gasteiger partial charge in [0, 0.05) is 5.56 Å². The Kier molecular flexibility index (Phi) is 3.82. The minimum Gasteiger partial charge on any atom is -0.194 e. The minimum absolute atomic E-state index is 0.129. The van der Waals surface area contributed by atoms with E-state index in [9.17, 15) is 39.5 Å². The van der Waals surface area contributed by atoms with Gasteiger partial charge in [0.2, 0.25) is 0 Å². The maximum atomic E-state index is 13.7. The third-order valence-corrected chi connectivity index (χ3v) is 3.17. The van der Waals surface area contributed by atoms with E-state index < -0.39 is 29.5 Å². The molecular formula is C14H6F9. The van der Waals surface area contributed by atoms with Crippen molar-refractivity contribution in [2.75, 3.05) is 0 Å². The third kappa shape index (κ3) is 2.51. The molecule has 0 aliphatic carbocycles. The Balaban J connectivity index is 2.58. The summed E-state index contributed by atoms with van der Waals surface area (Å²) < 4.78 is 116. The Morgan fingerprint density at radius 2 is 1.35 bits per heavy atom. The van der Waals surface area contributed by atoms with E-state index in [4.69, 9.17) is 0 Å². The summed E-state index contributed by atoms with van der Waals surface area (Å²) in [6.07, 6.45) is -6.83. The molecule has 0 N–H and O–H groups in total. The lowest BCUT2D eigenvalue weighted by Crippen LogP contribution is -2.59. The number of alkyl halides is 9. The second-order valence-electron chi connectivity index (χ2n) is 4.69. The van der Waals surface area contributed by atoms with Gasteiger partial charge < -0.3 is 0 Å². The third-order valence-electron chi connectivity index (χ3n) is 3.17. The van der Waals surface area contributed by atoms with E-state index in [2.05, 4.69) is 6.07 Å². The number of fused-ring (bicyclic) bond motifs is 1. The van der Waals surface area contributed by atoms with Crippen LogP contribution in [0.4, 0.5) is 39.5 Å². The first-order valence-electron chi connectivity index (χ1n) is 5.93. The van der Waals surface area contributed by atoms with Crippen LogP contribution in [0, 0.1) is 6.07 Å². The van der Waals surface area contributed by atoms with Gasteiger partial charge in [-0.05, 0) is 22.9 Å². The van der Waals surface area contributed by atoms with Crippen LogP contribution in [0.15, 0.2) is 36.4 Å². The van der Waals surface area contributed by atoms with E-state index >= 15 is 0 Å². The number of hydrogen-bond donors (Lipinski definition) is 0. The molecule has 0 saturated heterocycles. The highest BCUT2D eigenvalue weighted by Gasteiger charge is 2.82. The van der Waals surface area contributed by atoms with Crippen LogP contribution in [0.2, 0.25) is 0 Å². The zero-order valence-corrected chi connectivity index (χ0v) is 10.9. The SMILES string of the molecule is FC(F)(F)C(F)(F)C(F)(F)C(F)(F)c1ccc2ccc[c]c2c1. The number of hydrogen-bond acceptors (Lipinski definition) is 0. The van der Waals surface area contributed by atoms with Crippen molar-refractivity contribution < 1.29 is 39.5 Å². The molecule has 0 fully saturated rings. The van der Waals surface area contributed by atoms with E-state index in [0.29, 0.717) is 12.1 Å². The Bertz CT molecular complexity index is 716. The molecule has 0 spiro atoms. The van der Waals surface area contributed by atoms with E-state index in [-0.39, 0.29) is 10.8 Å². The van der Waals surface area contributed by atoms with Crippen LogP contribution in [0.1, 0.15) is 5.56 Å². The predicted molar refractivity (Wildman–Crippen MR) is 62.6 cm³/mol. The quantitative estimate of drug-likeness (QED) is 0.639. The van der Waals surface area contributed by atoms with Crippen molar-refractivity contribution in [3.63, 3.8) is 0 Å². The highest BCUT2D eigenvalue weighted by atomic mass is 19.4. The Morgan fingerprint density at radius 1 is 0.739 bits per heavy atom. The van der Waals surface area contributed by atoms with Gasteiger partial charge in [-0.25, -0.2) is 0 Å². The van der Waals surface area contributed by atoms with Gasteiger partial charge >= 0.3 is 23.9 Å². The lowest BCUT2D eigenvalue weighted by molar-refractivity contribution is -0.399. The maximum Gasteiger partial charge on any atom is 0.460 e. The fraction of sp³-hybridized carbons (Fsp3) is 0.286. The standard InChI is InChI=1S/C14H6F9/c15-11(16,12(17,18)13(19,20)14(21,22)23)10-6-5-8-3-1-2-4-9(8)7-10/h1-3,5-7H. The van der Waals surface area contributed by atoms with Crippen LogP contribution < -0.4 is 0 Å². The monoisotopic (exact) mass is 345 g/mol. The largest absolute Gasteiger partial charge is 0.460 e. The highest BCUT2D eigenvalue weighted by Crippen LogP contribution is 2.56. The van der Waals surface area contributed by atoms with Crippen molar-refractivity contribution >= 4 is 10.8 Å². The fourth-order valence-electron chi connectivity index (χ4n) is 1.87. The van der Waals surface area contributed by atoms with Gasteiger partial charge in [-0.2, -0.15) is 39.5 Å². The Morgan fingerprint density at radius 3 is 1.91 bits per heavy atom. The lowest BCUT2D eigenvalue weighted by atomic mass is 9.95. The lowest BCUT2D eigenvalue weighted by Gasteiger charge is -2.33. The van der Waals surface area contributed by atoms with Gasteiger partial charge in [0.15, 0.2) is 0 Å². The summed E-state index contributed by atoms with van der Waals surface area (Å²) in [7, 11) is 0. The first kappa shape index (κ1) is 17.4. The number of halogens is 9. The molecule has 0 aromatic heterocycles. The fourth-order valence-corrected chi connectivity index (χ4v) is 1.87. The van der Waals surface area contributed by atoms with Crippen LogP contribution in [-0.4, -0.2) is 18.0 Å². The maximum absolute atomic E-state index is 13.7. The molecule has 9 heteroatoms. The Labute approximate surface area is 123 Å². The first-order chi connectivity index (χ1) is 10.3. The van der Waals surface area contributed by atoms with Crippen molar-refractivity contribution in [1.82, 2.24) is 0 Å². The molecule has 0 heterocycles. The van der Waals surface area contributed by atoms with Gasteiger partial charge in [0.05, 0.1) is 0 Å². The molecule has 0 amide bonds. The van der Waals surface area contributed by atoms with Crippen LogP contribution in [-0.2, 0) is 5.92 Å². The summed E-state index contributed by atoms with van der Waals surface area (Å²) in [6, 6.07) is 8.16. The molecule has 0 nitrogen and oxygen atoms in total. The van der Waals surface area contributed by atoms with Crippen LogP contribution >= 0.6 is 0 Å². The summed E-state index contributed by atoms with van der Waals surface area (Å²) >= 11 is 0. The summed E-state index contributed by atoms with van der Waals surface area (Å²) in [5, 5.41) is 0.147. The zero-order chi connectivity index (χ0) is 17.7. The second-order valence-corrected chi connectivity index (χ2v) is 4.69. The highest BCUT2D eigenvalue weighted by molar-refractivity contribution is 5.82. The Hall–Kier alpha value is -1.93. The smallest absolute Gasteiger partial charge is 0.194 e. The predicted octanol–water partition coefficient (Wildman–Crippen LogP) is 5.56. The summed E-state index contributed by atoms with van der Waals surface area (Å²) in [6.45, 7) is 0. The van der Waals surface area contributed by atoms with Crippen molar-refractivity contribution in [3.05, 3.63) is 48.0 Å². The van der Waals surface area contributed by atoms with E-state index in [1.165, 1.54) is 18.2 Å². The molecule has 23 heavy (non-hydrogen) atoms. The molecular weight excluding hydrogens is 339 g/mol. The molecule has 2 aromatic rings. The second kappa shape index (κ2) is 5.04. The minimum atomic E-state index is -6.90. The molecule has 0 aliphatic heterocycles.